The lowest BCUT2D eigenvalue weighted by Crippen LogP contribution is -1.92. The van der Waals surface area contributed by atoms with Gasteiger partial charge in [-0.05, 0) is 0 Å². The molecule has 1 aromatic heterocycles. The van der Waals surface area contributed by atoms with Crippen LogP contribution >= 0.6 is 11.3 Å². The van der Waals surface area contributed by atoms with Gasteiger partial charge in [-0.15, -0.1) is 10.2 Å². The van der Waals surface area contributed by atoms with Gasteiger partial charge < -0.3 is 10.5 Å². The highest BCUT2D eigenvalue weighted by Crippen LogP contribution is 2.10. The van der Waals surface area contributed by atoms with Crippen molar-refractivity contribution in [3.8, 4) is 0 Å². The van der Waals surface area contributed by atoms with Gasteiger partial charge in [-0.2, -0.15) is 0 Å². The van der Waals surface area contributed by atoms with Crippen LogP contribution in [0.1, 0.15) is 5.01 Å². The third-order valence-corrected chi connectivity index (χ3v) is 1.81. The van der Waals surface area contributed by atoms with E-state index in [-0.39, 0.29) is 0 Å². The number of rotatable bonds is 3. The maximum Gasteiger partial charge on any atom is 0.203 e. The Morgan fingerprint density at radius 3 is 2.90 bits per heavy atom. The normalized spacial score (nSPS) is 10.1. The van der Waals surface area contributed by atoms with Gasteiger partial charge in [0.25, 0.3) is 0 Å². The molecule has 10 heavy (non-hydrogen) atoms. The Labute approximate surface area is 63.0 Å². The smallest absolute Gasteiger partial charge is 0.203 e. The maximum absolute atomic E-state index is 5.35. The molecule has 5 heteroatoms. The molecule has 2 N–H and O–H groups in total. The minimum Gasteiger partial charge on any atom is -0.384 e. The van der Waals surface area contributed by atoms with Crippen LogP contribution in [-0.2, 0) is 11.2 Å². The van der Waals surface area contributed by atoms with Crippen LogP contribution in [0.2, 0.25) is 0 Å². The zero-order chi connectivity index (χ0) is 7.40. The number of nitrogen functional groups attached to an aromatic ring is 1. The van der Waals surface area contributed by atoms with E-state index in [4.69, 9.17) is 10.5 Å². The first-order valence-electron chi connectivity index (χ1n) is 2.89. The summed E-state index contributed by atoms with van der Waals surface area (Å²) in [5.74, 6) is 0. The maximum atomic E-state index is 5.35. The molecule has 0 radical (unpaired) electrons. The van der Waals surface area contributed by atoms with Crippen molar-refractivity contribution in [2.24, 2.45) is 0 Å². The second kappa shape index (κ2) is 3.48. The van der Waals surface area contributed by atoms with Gasteiger partial charge in [0.05, 0.1) is 6.61 Å². The molecule has 0 bridgehead atoms. The summed E-state index contributed by atoms with van der Waals surface area (Å²) in [6.07, 6.45) is 0.797. The van der Waals surface area contributed by atoms with Gasteiger partial charge in [0.1, 0.15) is 5.01 Å². The SMILES string of the molecule is COCCc1nnc(N)s1. The molecule has 0 fully saturated rings. The van der Waals surface area contributed by atoms with Gasteiger partial charge in [0.2, 0.25) is 5.13 Å². The molecule has 4 nitrogen and oxygen atoms in total. The van der Waals surface area contributed by atoms with E-state index >= 15 is 0 Å². The molecule has 0 aliphatic carbocycles. The van der Waals surface area contributed by atoms with Gasteiger partial charge in [-0.25, -0.2) is 0 Å². The van der Waals surface area contributed by atoms with E-state index in [1.165, 1.54) is 11.3 Å². The predicted octanol–water partition coefficient (Wildman–Crippen LogP) is 0.309. The summed E-state index contributed by atoms with van der Waals surface area (Å²) in [5, 5.41) is 8.93. The average molecular weight is 159 g/mol. The molecule has 1 heterocycles. The first-order valence-corrected chi connectivity index (χ1v) is 3.71. The standard InChI is InChI=1S/C5H9N3OS/c1-9-3-2-4-7-8-5(6)10-4/h2-3H2,1H3,(H2,6,8). The van der Waals surface area contributed by atoms with Crippen molar-refractivity contribution >= 4 is 16.5 Å². The van der Waals surface area contributed by atoms with E-state index in [1.807, 2.05) is 0 Å². The number of hydrogen-bond acceptors (Lipinski definition) is 5. The average Bonchev–Trinajstić information content (AvgIpc) is 2.31. The van der Waals surface area contributed by atoms with E-state index < -0.39 is 0 Å². The fourth-order valence-electron chi connectivity index (χ4n) is 0.557. The Kier molecular flexibility index (Phi) is 2.58. The fraction of sp³-hybridized carbons (Fsp3) is 0.600. The summed E-state index contributed by atoms with van der Waals surface area (Å²) in [6, 6.07) is 0. The summed E-state index contributed by atoms with van der Waals surface area (Å²) < 4.78 is 4.85. The van der Waals surface area contributed by atoms with Crippen molar-refractivity contribution in [1.29, 1.82) is 0 Å². The lowest BCUT2D eigenvalue weighted by atomic mass is 10.5. The van der Waals surface area contributed by atoms with Gasteiger partial charge in [0.15, 0.2) is 0 Å². The van der Waals surface area contributed by atoms with Crippen molar-refractivity contribution in [3.05, 3.63) is 5.01 Å². The number of hydrogen-bond donors (Lipinski definition) is 1. The van der Waals surface area contributed by atoms with Crippen LogP contribution in [0.15, 0.2) is 0 Å². The highest BCUT2D eigenvalue weighted by atomic mass is 32.1. The van der Waals surface area contributed by atoms with E-state index in [0.29, 0.717) is 11.7 Å². The van der Waals surface area contributed by atoms with Crippen molar-refractivity contribution in [3.63, 3.8) is 0 Å². The molecule has 0 unspecified atom stereocenters. The molecule has 0 aliphatic rings. The lowest BCUT2D eigenvalue weighted by molar-refractivity contribution is 0.202. The first kappa shape index (κ1) is 7.43. The third kappa shape index (κ3) is 1.93. The van der Waals surface area contributed by atoms with Crippen LogP contribution in [0.25, 0.3) is 0 Å². The molecular formula is C5H9N3OS. The molecule has 0 spiro atoms. The monoisotopic (exact) mass is 159 g/mol. The molecule has 0 aliphatic heterocycles. The summed E-state index contributed by atoms with van der Waals surface area (Å²) in [4.78, 5) is 0. The second-order valence-corrected chi connectivity index (χ2v) is 2.87. The molecule has 0 saturated carbocycles. The van der Waals surface area contributed by atoms with Gasteiger partial charge in [0, 0.05) is 13.5 Å². The number of ether oxygens (including phenoxy) is 1. The Bertz CT molecular complexity index is 201. The Morgan fingerprint density at radius 1 is 1.60 bits per heavy atom. The second-order valence-electron chi connectivity index (χ2n) is 1.78. The predicted molar refractivity (Wildman–Crippen MR) is 39.9 cm³/mol. The topological polar surface area (TPSA) is 61.0 Å². The molecule has 1 aromatic rings. The molecule has 0 atom stereocenters. The number of aromatic nitrogens is 2. The van der Waals surface area contributed by atoms with Crippen molar-refractivity contribution in [2.45, 2.75) is 6.42 Å². The Balaban J connectivity index is 2.42. The summed E-state index contributed by atoms with van der Waals surface area (Å²) in [6.45, 7) is 0.675. The van der Waals surface area contributed by atoms with Crippen LogP contribution < -0.4 is 5.73 Å². The minimum atomic E-state index is 0.520. The fourth-order valence-corrected chi connectivity index (χ4v) is 1.15. The van der Waals surface area contributed by atoms with E-state index in [9.17, 15) is 0 Å². The van der Waals surface area contributed by atoms with E-state index in [2.05, 4.69) is 10.2 Å². The zero-order valence-electron chi connectivity index (χ0n) is 5.70. The molecular weight excluding hydrogens is 150 g/mol. The van der Waals surface area contributed by atoms with Crippen LogP contribution in [0.5, 0.6) is 0 Å². The molecule has 0 aromatic carbocycles. The van der Waals surface area contributed by atoms with E-state index in [0.717, 1.165) is 11.4 Å². The molecule has 1 rings (SSSR count). The van der Waals surface area contributed by atoms with Crippen molar-refractivity contribution < 1.29 is 4.74 Å². The van der Waals surface area contributed by atoms with Gasteiger partial charge in [-0.3, -0.25) is 0 Å². The van der Waals surface area contributed by atoms with Crippen molar-refractivity contribution in [2.75, 3.05) is 19.5 Å². The Morgan fingerprint density at radius 2 is 2.40 bits per heavy atom. The zero-order valence-corrected chi connectivity index (χ0v) is 6.52. The number of methoxy groups -OCH3 is 1. The number of anilines is 1. The molecule has 56 valence electrons. The van der Waals surface area contributed by atoms with Crippen molar-refractivity contribution in [1.82, 2.24) is 10.2 Å². The quantitative estimate of drug-likeness (QED) is 0.689. The Hall–Kier alpha value is -0.680. The minimum absolute atomic E-state index is 0.520. The first-order chi connectivity index (χ1) is 4.83. The van der Waals surface area contributed by atoms with Crippen LogP contribution in [-0.4, -0.2) is 23.9 Å². The number of nitrogens with two attached hydrogens (primary N) is 1. The van der Waals surface area contributed by atoms with Crippen LogP contribution in [0.4, 0.5) is 5.13 Å². The highest BCUT2D eigenvalue weighted by molar-refractivity contribution is 7.15. The van der Waals surface area contributed by atoms with E-state index in [1.54, 1.807) is 7.11 Å². The van der Waals surface area contributed by atoms with Gasteiger partial charge in [-0.1, -0.05) is 11.3 Å². The summed E-state index contributed by atoms with van der Waals surface area (Å²) >= 11 is 1.40. The summed E-state index contributed by atoms with van der Waals surface area (Å²) in [5.41, 5.74) is 5.35. The molecule has 0 saturated heterocycles. The highest BCUT2D eigenvalue weighted by Gasteiger charge is 1.98. The number of nitrogens with zero attached hydrogens (tertiary/aromatic N) is 2. The van der Waals surface area contributed by atoms with Crippen LogP contribution in [0, 0.1) is 0 Å². The third-order valence-electron chi connectivity index (χ3n) is 1.00. The van der Waals surface area contributed by atoms with Gasteiger partial charge >= 0.3 is 0 Å². The molecule has 0 amide bonds. The van der Waals surface area contributed by atoms with Crippen LogP contribution in [0.3, 0.4) is 0 Å². The largest absolute Gasteiger partial charge is 0.384 e. The summed E-state index contributed by atoms with van der Waals surface area (Å²) in [7, 11) is 1.66. The lowest BCUT2D eigenvalue weighted by Gasteiger charge is -1.90.